The highest BCUT2D eigenvalue weighted by Gasteiger charge is 2.22. The standard InChI is InChI=1S/C20H19FO5/c1-23-17-9-12(10-18(24-2)20(17)25-3)8-13-6-7-26-16-5-4-14(21)11-15(16)19(13)22/h4-5,8-11H,6-7H2,1-3H3/b13-8+. The predicted octanol–water partition coefficient (Wildman–Crippen LogP) is 3.90. The van der Waals surface area contributed by atoms with Crippen molar-refractivity contribution in [1.82, 2.24) is 0 Å². The van der Waals surface area contributed by atoms with E-state index in [1.54, 1.807) is 18.2 Å². The number of Topliss-reactive ketones (excluding diaryl/α,β-unsaturated/α-hetero) is 1. The fourth-order valence-electron chi connectivity index (χ4n) is 2.89. The molecule has 26 heavy (non-hydrogen) atoms. The summed E-state index contributed by atoms with van der Waals surface area (Å²) in [6, 6.07) is 7.46. The molecule has 0 spiro atoms. The first-order chi connectivity index (χ1) is 12.6. The van der Waals surface area contributed by atoms with Gasteiger partial charge in [-0.25, -0.2) is 4.39 Å². The second kappa shape index (κ2) is 7.47. The zero-order chi connectivity index (χ0) is 18.7. The lowest BCUT2D eigenvalue weighted by Crippen LogP contribution is -2.03. The van der Waals surface area contributed by atoms with Gasteiger partial charge in [-0.2, -0.15) is 0 Å². The van der Waals surface area contributed by atoms with E-state index in [2.05, 4.69) is 0 Å². The van der Waals surface area contributed by atoms with Crippen molar-refractivity contribution in [2.24, 2.45) is 0 Å². The van der Waals surface area contributed by atoms with Crippen LogP contribution in [0.15, 0.2) is 35.9 Å². The van der Waals surface area contributed by atoms with E-state index in [0.29, 0.717) is 47.2 Å². The maximum absolute atomic E-state index is 13.6. The SMILES string of the molecule is COc1cc(/C=C2\CCOc3ccc(F)cc3C2=O)cc(OC)c1OC. The van der Waals surface area contributed by atoms with Crippen molar-refractivity contribution >= 4 is 11.9 Å². The summed E-state index contributed by atoms with van der Waals surface area (Å²) in [5.41, 5.74) is 1.45. The van der Waals surface area contributed by atoms with Crippen LogP contribution in [0.5, 0.6) is 23.0 Å². The van der Waals surface area contributed by atoms with Crippen LogP contribution < -0.4 is 18.9 Å². The van der Waals surface area contributed by atoms with Gasteiger partial charge in [0.25, 0.3) is 0 Å². The molecule has 6 heteroatoms. The van der Waals surface area contributed by atoms with Gasteiger partial charge in [0.05, 0.1) is 33.5 Å². The number of benzene rings is 2. The predicted molar refractivity (Wildman–Crippen MR) is 94.9 cm³/mol. The molecule has 136 valence electrons. The van der Waals surface area contributed by atoms with Crippen LogP contribution in [0.3, 0.4) is 0 Å². The summed E-state index contributed by atoms with van der Waals surface area (Å²) in [5, 5.41) is 0. The minimum Gasteiger partial charge on any atom is -0.493 e. The minimum atomic E-state index is -0.477. The van der Waals surface area contributed by atoms with Gasteiger partial charge in [0.1, 0.15) is 11.6 Å². The van der Waals surface area contributed by atoms with E-state index in [9.17, 15) is 9.18 Å². The summed E-state index contributed by atoms with van der Waals surface area (Å²) in [6.45, 7) is 0.334. The Morgan fingerprint density at radius 2 is 1.73 bits per heavy atom. The number of fused-ring (bicyclic) bond motifs is 1. The molecule has 0 saturated heterocycles. The van der Waals surface area contributed by atoms with Gasteiger partial charge in [0, 0.05) is 12.0 Å². The molecule has 1 heterocycles. The van der Waals surface area contributed by atoms with Gasteiger partial charge in [-0.05, 0) is 42.0 Å². The second-order valence-corrected chi connectivity index (χ2v) is 5.70. The van der Waals surface area contributed by atoms with Crippen molar-refractivity contribution < 1.29 is 28.1 Å². The van der Waals surface area contributed by atoms with Crippen molar-refractivity contribution in [3.05, 3.63) is 52.8 Å². The Balaban J connectivity index is 2.05. The van der Waals surface area contributed by atoms with Gasteiger partial charge in [-0.3, -0.25) is 4.79 Å². The van der Waals surface area contributed by atoms with Gasteiger partial charge in [-0.15, -0.1) is 0 Å². The summed E-state index contributed by atoms with van der Waals surface area (Å²) in [6.07, 6.45) is 2.14. The molecule has 2 aromatic carbocycles. The third kappa shape index (κ3) is 3.35. The molecular weight excluding hydrogens is 339 g/mol. The molecule has 0 unspecified atom stereocenters. The molecule has 0 fully saturated rings. The first kappa shape index (κ1) is 17.8. The maximum atomic E-state index is 13.6. The van der Waals surface area contributed by atoms with Gasteiger partial charge >= 0.3 is 0 Å². The molecule has 1 aliphatic heterocycles. The molecule has 0 amide bonds. The number of carbonyl (C=O) groups excluding carboxylic acids is 1. The van der Waals surface area contributed by atoms with E-state index < -0.39 is 5.82 Å². The highest BCUT2D eigenvalue weighted by Crippen LogP contribution is 2.39. The summed E-state index contributed by atoms with van der Waals surface area (Å²) in [5.74, 6) is 1.11. The number of carbonyl (C=O) groups is 1. The minimum absolute atomic E-state index is 0.223. The van der Waals surface area contributed by atoms with Crippen LogP contribution in [-0.4, -0.2) is 33.7 Å². The van der Waals surface area contributed by atoms with Gasteiger partial charge in [-0.1, -0.05) is 0 Å². The van der Waals surface area contributed by atoms with Crippen molar-refractivity contribution in [2.75, 3.05) is 27.9 Å². The van der Waals surface area contributed by atoms with Crippen LogP contribution in [0.2, 0.25) is 0 Å². The van der Waals surface area contributed by atoms with Crippen molar-refractivity contribution in [2.45, 2.75) is 6.42 Å². The van der Waals surface area contributed by atoms with E-state index in [1.165, 1.54) is 39.5 Å². The van der Waals surface area contributed by atoms with Crippen LogP contribution in [0.4, 0.5) is 4.39 Å². The first-order valence-corrected chi connectivity index (χ1v) is 8.05. The van der Waals surface area contributed by atoms with E-state index in [0.717, 1.165) is 0 Å². The third-order valence-electron chi connectivity index (χ3n) is 4.13. The lowest BCUT2D eigenvalue weighted by molar-refractivity contribution is 0.103. The average Bonchev–Trinajstić information content (AvgIpc) is 2.80. The molecule has 3 rings (SSSR count). The fourth-order valence-corrected chi connectivity index (χ4v) is 2.89. The van der Waals surface area contributed by atoms with Crippen molar-refractivity contribution in [3.8, 4) is 23.0 Å². The normalized spacial score (nSPS) is 15.1. The van der Waals surface area contributed by atoms with Crippen LogP contribution in [0, 0.1) is 5.82 Å². The highest BCUT2D eigenvalue weighted by atomic mass is 19.1. The first-order valence-electron chi connectivity index (χ1n) is 8.05. The zero-order valence-electron chi connectivity index (χ0n) is 14.8. The largest absolute Gasteiger partial charge is 0.493 e. The van der Waals surface area contributed by atoms with E-state index in [1.807, 2.05) is 0 Å². The van der Waals surface area contributed by atoms with Crippen LogP contribution >= 0.6 is 0 Å². The average molecular weight is 358 g/mol. The maximum Gasteiger partial charge on any atom is 0.203 e. The quantitative estimate of drug-likeness (QED) is 0.776. The number of hydrogen-bond acceptors (Lipinski definition) is 5. The molecule has 2 aromatic rings. The van der Waals surface area contributed by atoms with Crippen LogP contribution in [0.25, 0.3) is 6.08 Å². The molecule has 0 N–H and O–H groups in total. The monoisotopic (exact) mass is 358 g/mol. The van der Waals surface area contributed by atoms with Crippen LogP contribution in [0.1, 0.15) is 22.3 Å². The molecule has 0 atom stereocenters. The lowest BCUT2D eigenvalue weighted by Gasteiger charge is -2.13. The second-order valence-electron chi connectivity index (χ2n) is 5.70. The molecule has 0 bridgehead atoms. The molecule has 0 radical (unpaired) electrons. The number of ketones is 1. The van der Waals surface area contributed by atoms with Crippen molar-refractivity contribution in [3.63, 3.8) is 0 Å². The van der Waals surface area contributed by atoms with Gasteiger partial charge < -0.3 is 18.9 Å². The molecule has 1 aliphatic rings. The Kier molecular flexibility index (Phi) is 5.11. The van der Waals surface area contributed by atoms with Gasteiger partial charge in [0.15, 0.2) is 17.3 Å². The molecule has 5 nitrogen and oxygen atoms in total. The summed E-state index contributed by atoms with van der Waals surface area (Å²) in [4.78, 5) is 12.8. The fraction of sp³-hybridized carbons (Fsp3) is 0.250. The Labute approximate surface area is 150 Å². The van der Waals surface area contributed by atoms with Gasteiger partial charge in [0.2, 0.25) is 5.75 Å². The van der Waals surface area contributed by atoms with E-state index in [-0.39, 0.29) is 11.3 Å². The number of halogens is 1. The molecule has 0 aromatic heterocycles. The number of methoxy groups -OCH3 is 3. The number of ether oxygens (including phenoxy) is 4. The molecule has 0 aliphatic carbocycles. The number of rotatable bonds is 4. The Morgan fingerprint density at radius 3 is 2.35 bits per heavy atom. The molecular formula is C20H19FO5. The topological polar surface area (TPSA) is 54.0 Å². The zero-order valence-corrected chi connectivity index (χ0v) is 14.8. The lowest BCUT2D eigenvalue weighted by atomic mass is 9.98. The highest BCUT2D eigenvalue weighted by molar-refractivity contribution is 6.13. The van der Waals surface area contributed by atoms with E-state index in [4.69, 9.17) is 18.9 Å². The van der Waals surface area contributed by atoms with Crippen molar-refractivity contribution in [1.29, 1.82) is 0 Å². The summed E-state index contributed by atoms with van der Waals surface area (Å²) >= 11 is 0. The summed E-state index contributed by atoms with van der Waals surface area (Å²) < 4.78 is 35.1. The third-order valence-corrected chi connectivity index (χ3v) is 4.13. The Hall–Kier alpha value is -3.02. The summed E-state index contributed by atoms with van der Waals surface area (Å²) in [7, 11) is 4.58. The number of hydrogen-bond donors (Lipinski definition) is 0. The van der Waals surface area contributed by atoms with E-state index >= 15 is 0 Å². The van der Waals surface area contributed by atoms with Crippen LogP contribution in [-0.2, 0) is 0 Å². The Bertz CT molecular complexity index is 847. The molecule has 0 saturated carbocycles. The smallest absolute Gasteiger partial charge is 0.203 e. The Morgan fingerprint density at radius 1 is 1.04 bits per heavy atom.